The summed E-state index contributed by atoms with van der Waals surface area (Å²) < 4.78 is 4.95. The molecule has 1 aromatic rings. The van der Waals surface area contributed by atoms with Crippen LogP contribution in [-0.2, 0) is 9.53 Å². The first-order chi connectivity index (χ1) is 8.88. The molecule has 19 heavy (non-hydrogen) atoms. The fourth-order valence-electron chi connectivity index (χ4n) is 1.33. The van der Waals surface area contributed by atoms with Gasteiger partial charge in [0.25, 0.3) is 5.91 Å². The second-order valence-corrected chi connectivity index (χ2v) is 4.78. The minimum atomic E-state index is -0.860. The number of rotatable bonds is 4. The maximum Gasteiger partial charge on any atom is 0.412 e. The molecular formula is C13H17ClN2O3. The van der Waals surface area contributed by atoms with Gasteiger partial charge < -0.3 is 10.1 Å². The van der Waals surface area contributed by atoms with Crippen molar-refractivity contribution in [1.82, 2.24) is 5.32 Å². The van der Waals surface area contributed by atoms with Crippen molar-refractivity contribution in [3.63, 3.8) is 0 Å². The van der Waals surface area contributed by atoms with E-state index in [9.17, 15) is 9.59 Å². The SMILES string of the molecule is CC(C)NC(=O)[C@@H](C)OC(=O)Nc1cccc(Cl)c1. The number of anilines is 1. The molecule has 2 amide bonds. The molecular weight excluding hydrogens is 268 g/mol. The topological polar surface area (TPSA) is 67.4 Å². The summed E-state index contributed by atoms with van der Waals surface area (Å²) in [6.45, 7) is 5.17. The van der Waals surface area contributed by atoms with E-state index < -0.39 is 12.2 Å². The molecule has 0 spiro atoms. The Kier molecular flexibility index (Phi) is 5.63. The average molecular weight is 285 g/mol. The molecule has 104 valence electrons. The molecule has 0 aliphatic rings. The predicted molar refractivity (Wildman–Crippen MR) is 74.3 cm³/mol. The molecule has 0 unspecified atom stereocenters. The van der Waals surface area contributed by atoms with Crippen molar-refractivity contribution in [1.29, 1.82) is 0 Å². The zero-order chi connectivity index (χ0) is 14.4. The van der Waals surface area contributed by atoms with Crippen LogP contribution in [-0.4, -0.2) is 24.1 Å². The smallest absolute Gasteiger partial charge is 0.412 e. The Morgan fingerprint density at radius 1 is 1.26 bits per heavy atom. The number of benzene rings is 1. The fourth-order valence-corrected chi connectivity index (χ4v) is 1.52. The molecule has 0 saturated carbocycles. The van der Waals surface area contributed by atoms with Crippen LogP contribution in [0.5, 0.6) is 0 Å². The van der Waals surface area contributed by atoms with Gasteiger partial charge in [-0.25, -0.2) is 4.79 Å². The largest absolute Gasteiger partial charge is 0.436 e. The van der Waals surface area contributed by atoms with E-state index in [-0.39, 0.29) is 11.9 Å². The van der Waals surface area contributed by atoms with Gasteiger partial charge in [0.15, 0.2) is 6.10 Å². The maximum atomic E-state index is 11.6. The number of carbonyl (C=O) groups is 2. The summed E-state index contributed by atoms with van der Waals surface area (Å²) in [5.41, 5.74) is 0.508. The van der Waals surface area contributed by atoms with Crippen molar-refractivity contribution < 1.29 is 14.3 Å². The van der Waals surface area contributed by atoms with Gasteiger partial charge >= 0.3 is 6.09 Å². The summed E-state index contributed by atoms with van der Waals surface area (Å²) in [6, 6.07) is 6.65. The number of carbonyl (C=O) groups excluding carboxylic acids is 2. The van der Waals surface area contributed by atoms with Crippen LogP contribution in [0.25, 0.3) is 0 Å². The van der Waals surface area contributed by atoms with Crippen LogP contribution in [0.4, 0.5) is 10.5 Å². The summed E-state index contributed by atoms with van der Waals surface area (Å²) >= 11 is 5.79. The van der Waals surface area contributed by atoms with Crippen molar-refractivity contribution in [2.24, 2.45) is 0 Å². The van der Waals surface area contributed by atoms with Crippen molar-refractivity contribution in [2.75, 3.05) is 5.32 Å². The van der Waals surface area contributed by atoms with Crippen molar-refractivity contribution in [3.8, 4) is 0 Å². The van der Waals surface area contributed by atoms with Gasteiger partial charge in [-0.15, -0.1) is 0 Å². The van der Waals surface area contributed by atoms with Crippen LogP contribution in [0.3, 0.4) is 0 Å². The molecule has 0 aliphatic carbocycles. The monoisotopic (exact) mass is 284 g/mol. The van der Waals surface area contributed by atoms with E-state index in [1.165, 1.54) is 6.92 Å². The quantitative estimate of drug-likeness (QED) is 0.893. The third-order valence-corrected chi connectivity index (χ3v) is 2.39. The first-order valence-corrected chi connectivity index (χ1v) is 6.30. The van der Waals surface area contributed by atoms with Gasteiger partial charge in [0.1, 0.15) is 0 Å². The van der Waals surface area contributed by atoms with Crippen molar-refractivity contribution >= 4 is 29.3 Å². The highest BCUT2D eigenvalue weighted by Gasteiger charge is 2.18. The Bertz CT molecular complexity index is 463. The number of halogens is 1. The Hall–Kier alpha value is -1.75. The molecule has 0 bridgehead atoms. The lowest BCUT2D eigenvalue weighted by molar-refractivity contribution is -0.128. The molecule has 0 saturated heterocycles. The summed E-state index contributed by atoms with van der Waals surface area (Å²) in [6.07, 6.45) is -1.56. The normalized spacial score (nSPS) is 11.8. The molecule has 1 atom stereocenters. The average Bonchev–Trinajstić information content (AvgIpc) is 2.27. The Labute approximate surface area is 117 Å². The van der Waals surface area contributed by atoms with Crippen molar-refractivity contribution in [3.05, 3.63) is 29.3 Å². The van der Waals surface area contributed by atoms with Crippen LogP contribution in [0.1, 0.15) is 20.8 Å². The second kappa shape index (κ2) is 6.99. The molecule has 5 nitrogen and oxygen atoms in total. The highest BCUT2D eigenvalue weighted by molar-refractivity contribution is 6.30. The predicted octanol–water partition coefficient (Wildman–Crippen LogP) is 2.80. The molecule has 6 heteroatoms. The lowest BCUT2D eigenvalue weighted by Gasteiger charge is -2.15. The zero-order valence-electron chi connectivity index (χ0n) is 11.1. The Morgan fingerprint density at radius 2 is 1.95 bits per heavy atom. The van der Waals surface area contributed by atoms with Gasteiger partial charge in [-0.1, -0.05) is 17.7 Å². The van der Waals surface area contributed by atoms with E-state index in [1.54, 1.807) is 24.3 Å². The summed E-state index contributed by atoms with van der Waals surface area (Å²) in [5.74, 6) is -0.337. The highest BCUT2D eigenvalue weighted by atomic mass is 35.5. The van der Waals surface area contributed by atoms with E-state index in [1.807, 2.05) is 13.8 Å². The maximum absolute atomic E-state index is 11.6. The lowest BCUT2D eigenvalue weighted by Crippen LogP contribution is -2.40. The molecule has 2 N–H and O–H groups in total. The molecule has 0 fully saturated rings. The Balaban J connectivity index is 2.49. The highest BCUT2D eigenvalue weighted by Crippen LogP contribution is 2.15. The summed E-state index contributed by atoms with van der Waals surface area (Å²) in [5, 5.41) is 5.66. The number of amides is 2. The van der Waals surface area contributed by atoms with Gasteiger partial charge in [0.05, 0.1) is 0 Å². The van der Waals surface area contributed by atoms with Crippen LogP contribution in [0, 0.1) is 0 Å². The van der Waals surface area contributed by atoms with Gasteiger partial charge in [-0.3, -0.25) is 10.1 Å². The van der Waals surface area contributed by atoms with E-state index in [0.29, 0.717) is 10.7 Å². The Morgan fingerprint density at radius 3 is 2.53 bits per heavy atom. The molecule has 1 aromatic carbocycles. The van der Waals surface area contributed by atoms with Crippen LogP contribution in [0.15, 0.2) is 24.3 Å². The summed E-state index contributed by atoms with van der Waals surface area (Å²) in [4.78, 5) is 23.1. The van der Waals surface area contributed by atoms with E-state index in [2.05, 4.69) is 10.6 Å². The van der Waals surface area contributed by atoms with E-state index in [4.69, 9.17) is 16.3 Å². The van der Waals surface area contributed by atoms with Crippen molar-refractivity contribution in [2.45, 2.75) is 32.9 Å². The van der Waals surface area contributed by atoms with Crippen LogP contribution in [0.2, 0.25) is 5.02 Å². The molecule has 0 aliphatic heterocycles. The minimum Gasteiger partial charge on any atom is -0.436 e. The standard InChI is InChI=1S/C13H17ClN2O3/c1-8(2)15-12(17)9(3)19-13(18)16-11-6-4-5-10(14)7-11/h4-9H,1-3H3,(H,15,17)(H,16,18)/t9-/m1/s1. The molecule has 0 heterocycles. The third kappa shape index (κ3) is 5.61. The molecule has 1 rings (SSSR count). The van der Waals surface area contributed by atoms with Gasteiger partial charge in [0, 0.05) is 16.8 Å². The molecule has 0 radical (unpaired) electrons. The molecule has 0 aromatic heterocycles. The number of ether oxygens (including phenoxy) is 1. The number of hydrogen-bond donors (Lipinski definition) is 2. The van der Waals surface area contributed by atoms with Crippen LogP contribution < -0.4 is 10.6 Å². The lowest BCUT2D eigenvalue weighted by atomic mass is 10.3. The van der Waals surface area contributed by atoms with E-state index in [0.717, 1.165) is 0 Å². The van der Waals surface area contributed by atoms with Gasteiger partial charge in [-0.2, -0.15) is 0 Å². The zero-order valence-corrected chi connectivity index (χ0v) is 11.8. The minimum absolute atomic E-state index is 0.00505. The number of hydrogen-bond acceptors (Lipinski definition) is 3. The first-order valence-electron chi connectivity index (χ1n) is 5.92. The van der Waals surface area contributed by atoms with Crippen LogP contribution >= 0.6 is 11.6 Å². The third-order valence-electron chi connectivity index (χ3n) is 2.15. The first kappa shape index (κ1) is 15.3. The van der Waals surface area contributed by atoms with E-state index >= 15 is 0 Å². The van der Waals surface area contributed by atoms with Gasteiger partial charge in [0.2, 0.25) is 0 Å². The second-order valence-electron chi connectivity index (χ2n) is 4.35. The summed E-state index contributed by atoms with van der Waals surface area (Å²) in [7, 11) is 0. The van der Waals surface area contributed by atoms with Gasteiger partial charge in [-0.05, 0) is 39.0 Å². The number of nitrogens with one attached hydrogen (secondary N) is 2. The fraction of sp³-hybridized carbons (Fsp3) is 0.385.